The number of benzene rings is 1. The largest absolute Gasteiger partial charge is 0.508 e. The minimum Gasteiger partial charge on any atom is -0.508 e. The molecule has 1 aliphatic rings. The fraction of sp³-hybridized carbons (Fsp3) is 0.438. The molecule has 4 heteroatoms. The molecule has 0 radical (unpaired) electrons. The fourth-order valence-electron chi connectivity index (χ4n) is 3.08. The average Bonchev–Trinajstić information content (AvgIpc) is 2.85. The molecule has 1 aromatic carbocycles. The van der Waals surface area contributed by atoms with Crippen molar-refractivity contribution in [3.05, 3.63) is 30.0 Å². The normalized spacial score (nSPS) is 18.9. The van der Waals surface area contributed by atoms with Crippen LogP contribution in [0.4, 0.5) is 5.69 Å². The van der Waals surface area contributed by atoms with Gasteiger partial charge in [0, 0.05) is 36.5 Å². The third-order valence-corrected chi connectivity index (χ3v) is 3.95. The van der Waals surface area contributed by atoms with Gasteiger partial charge >= 0.3 is 0 Å². The molecule has 1 aromatic heterocycles. The zero-order valence-corrected chi connectivity index (χ0v) is 12.0. The van der Waals surface area contributed by atoms with Crippen LogP contribution < -0.4 is 4.90 Å². The minimum absolute atomic E-state index is 0.261. The molecule has 20 heavy (non-hydrogen) atoms. The van der Waals surface area contributed by atoms with E-state index in [0.717, 1.165) is 36.2 Å². The summed E-state index contributed by atoms with van der Waals surface area (Å²) in [6, 6.07) is 7.97. The number of rotatable bonds is 3. The van der Waals surface area contributed by atoms with E-state index in [1.807, 2.05) is 13.0 Å². The van der Waals surface area contributed by atoms with E-state index < -0.39 is 0 Å². The predicted octanol–water partition coefficient (Wildman–Crippen LogP) is 2.86. The molecule has 1 N–H and O–H groups in total. The second-order valence-corrected chi connectivity index (χ2v) is 5.43. The Labute approximate surface area is 119 Å². The first-order chi connectivity index (χ1) is 9.69. The first kappa shape index (κ1) is 13.2. The van der Waals surface area contributed by atoms with Gasteiger partial charge in [0.15, 0.2) is 0 Å². The SMILES string of the molecule is COC[C@@H]1CCCN1c1cc(C)nc2cc(O)ccc12. The first-order valence-electron chi connectivity index (χ1n) is 7.05. The maximum Gasteiger partial charge on any atom is 0.117 e. The standard InChI is InChI=1S/C16H20N2O2/c1-11-8-16(18-7-3-4-12(18)10-20-2)14-6-5-13(19)9-15(14)17-11/h5-6,8-9,12,19H,3-4,7,10H2,1-2H3/t12-/m0/s1. The van der Waals surface area contributed by atoms with Crippen molar-refractivity contribution >= 4 is 16.6 Å². The number of pyridine rings is 1. The van der Waals surface area contributed by atoms with E-state index in [2.05, 4.69) is 16.0 Å². The highest BCUT2D eigenvalue weighted by molar-refractivity contribution is 5.93. The van der Waals surface area contributed by atoms with Crippen molar-refractivity contribution in [3.63, 3.8) is 0 Å². The summed E-state index contributed by atoms with van der Waals surface area (Å²) in [7, 11) is 1.75. The fourth-order valence-corrected chi connectivity index (χ4v) is 3.08. The van der Waals surface area contributed by atoms with Crippen molar-refractivity contribution in [1.82, 2.24) is 4.98 Å². The van der Waals surface area contributed by atoms with E-state index in [9.17, 15) is 5.11 Å². The van der Waals surface area contributed by atoms with Gasteiger partial charge in [-0.2, -0.15) is 0 Å². The van der Waals surface area contributed by atoms with E-state index in [0.29, 0.717) is 6.04 Å². The Morgan fingerprint density at radius 2 is 2.25 bits per heavy atom. The molecule has 4 nitrogen and oxygen atoms in total. The summed E-state index contributed by atoms with van der Waals surface area (Å²) in [6.07, 6.45) is 2.35. The Balaban J connectivity index is 2.10. The van der Waals surface area contributed by atoms with Gasteiger partial charge in [0.05, 0.1) is 18.2 Å². The molecule has 2 aromatic rings. The number of hydrogen-bond acceptors (Lipinski definition) is 4. The summed E-state index contributed by atoms with van der Waals surface area (Å²) >= 11 is 0. The number of aryl methyl sites for hydroxylation is 1. The number of aromatic hydroxyl groups is 1. The quantitative estimate of drug-likeness (QED) is 0.933. The van der Waals surface area contributed by atoms with E-state index in [1.54, 1.807) is 19.2 Å². The van der Waals surface area contributed by atoms with Gasteiger partial charge in [0.2, 0.25) is 0 Å². The molecule has 1 saturated heterocycles. The highest BCUT2D eigenvalue weighted by Crippen LogP contribution is 2.33. The number of fused-ring (bicyclic) bond motifs is 1. The highest BCUT2D eigenvalue weighted by Gasteiger charge is 2.26. The number of ether oxygens (including phenoxy) is 1. The molecular formula is C16H20N2O2. The summed E-state index contributed by atoms with van der Waals surface area (Å²) in [6.45, 7) is 3.79. The number of methoxy groups -OCH3 is 1. The van der Waals surface area contributed by atoms with Gasteiger partial charge < -0.3 is 14.7 Å². The third kappa shape index (κ3) is 2.31. The molecular weight excluding hydrogens is 252 g/mol. The molecule has 0 saturated carbocycles. The molecule has 0 aliphatic carbocycles. The smallest absolute Gasteiger partial charge is 0.117 e. The number of aromatic nitrogens is 1. The lowest BCUT2D eigenvalue weighted by molar-refractivity contribution is 0.181. The summed E-state index contributed by atoms with van der Waals surface area (Å²) < 4.78 is 5.34. The molecule has 0 amide bonds. The van der Waals surface area contributed by atoms with E-state index in [4.69, 9.17) is 4.74 Å². The highest BCUT2D eigenvalue weighted by atomic mass is 16.5. The van der Waals surface area contributed by atoms with Crippen molar-refractivity contribution in [2.45, 2.75) is 25.8 Å². The number of phenolic OH excluding ortho intramolecular Hbond substituents is 1. The third-order valence-electron chi connectivity index (χ3n) is 3.95. The number of hydrogen-bond donors (Lipinski definition) is 1. The van der Waals surface area contributed by atoms with Crippen molar-refractivity contribution in [1.29, 1.82) is 0 Å². The average molecular weight is 272 g/mol. The maximum atomic E-state index is 9.64. The monoisotopic (exact) mass is 272 g/mol. The molecule has 0 spiro atoms. The van der Waals surface area contributed by atoms with E-state index in [-0.39, 0.29) is 5.75 Å². The van der Waals surface area contributed by atoms with Gasteiger partial charge in [-0.3, -0.25) is 4.98 Å². The van der Waals surface area contributed by atoms with Crippen LogP contribution in [0.5, 0.6) is 5.75 Å². The van der Waals surface area contributed by atoms with Gasteiger partial charge in [0.25, 0.3) is 0 Å². The van der Waals surface area contributed by atoms with Crippen LogP contribution >= 0.6 is 0 Å². The number of nitrogens with zero attached hydrogens (tertiary/aromatic N) is 2. The topological polar surface area (TPSA) is 45.6 Å². The Hall–Kier alpha value is -1.81. The molecule has 106 valence electrons. The summed E-state index contributed by atoms with van der Waals surface area (Å²) in [5.74, 6) is 0.261. The second-order valence-electron chi connectivity index (χ2n) is 5.43. The maximum absolute atomic E-state index is 9.64. The summed E-state index contributed by atoms with van der Waals surface area (Å²) in [5.41, 5.74) is 3.02. The van der Waals surface area contributed by atoms with Gasteiger partial charge in [0.1, 0.15) is 5.75 Å². The van der Waals surface area contributed by atoms with Crippen LogP contribution in [-0.2, 0) is 4.74 Å². The summed E-state index contributed by atoms with van der Waals surface area (Å²) in [4.78, 5) is 6.94. The molecule has 0 unspecified atom stereocenters. The van der Waals surface area contributed by atoms with Crippen LogP contribution in [0.15, 0.2) is 24.3 Å². The molecule has 3 rings (SSSR count). The molecule has 0 bridgehead atoms. The lowest BCUT2D eigenvalue weighted by atomic mass is 10.1. The van der Waals surface area contributed by atoms with Crippen molar-refractivity contribution in [2.75, 3.05) is 25.2 Å². The zero-order valence-electron chi connectivity index (χ0n) is 12.0. The number of phenols is 1. The molecule has 1 aliphatic heterocycles. The van der Waals surface area contributed by atoms with Crippen molar-refractivity contribution in [2.24, 2.45) is 0 Å². The first-order valence-corrected chi connectivity index (χ1v) is 7.05. The van der Waals surface area contributed by atoms with Gasteiger partial charge in [-0.1, -0.05) is 0 Å². The predicted molar refractivity (Wildman–Crippen MR) is 80.4 cm³/mol. The molecule has 2 heterocycles. The van der Waals surface area contributed by atoms with E-state index in [1.165, 1.54) is 12.1 Å². The Morgan fingerprint density at radius 1 is 1.40 bits per heavy atom. The van der Waals surface area contributed by atoms with Crippen LogP contribution in [-0.4, -0.2) is 36.4 Å². The minimum atomic E-state index is 0.261. The summed E-state index contributed by atoms with van der Waals surface area (Å²) in [5, 5.41) is 10.7. The molecule has 1 atom stereocenters. The van der Waals surface area contributed by atoms with Crippen LogP contribution in [0.3, 0.4) is 0 Å². The van der Waals surface area contributed by atoms with Crippen LogP contribution in [0.2, 0.25) is 0 Å². The zero-order chi connectivity index (χ0) is 14.1. The van der Waals surface area contributed by atoms with Gasteiger partial charge in [-0.25, -0.2) is 0 Å². The van der Waals surface area contributed by atoms with Crippen LogP contribution in [0, 0.1) is 6.92 Å². The van der Waals surface area contributed by atoms with E-state index >= 15 is 0 Å². The Bertz CT molecular complexity index is 622. The van der Waals surface area contributed by atoms with Crippen LogP contribution in [0.1, 0.15) is 18.5 Å². The molecule has 1 fully saturated rings. The van der Waals surface area contributed by atoms with Crippen LogP contribution in [0.25, 0.3) is 10.9 Å². The van der Waals surface area contributed by atoms with Gasteiger partial charge in [-0.15, -0.1) is 0 Å². The lowest BCUT2D eigenvalue weighted by Gasteiger charge is -2.27. The van der Waals surface area contributed by atoms with Crippen molar-refractivity contribution < 1.29 is 9.84 Å². The van der Waals surface area contributed by atoms with Gasteiger partial charge in [-0.05, 0) is 38.0 Å². The lowest BCUT2D eigenvalue weighted by Crippen LogP contribution is -2.33. The Morgan fingerprint density at radius 3 is 3.05 bits per heavy atom. The second kappa shape index (κ2) is 5.29. The Kier molecular flexibility index (Phi) is 3.49. The van der Waals surface area contributed by atoms with Crippen molar-refractivity contribution in [3.8, 4) is 5.75 Å². The number of anilines is 1.